The lowest BCUT2D eigenvalue weighted by Crippen LogP contribution is -2.45. The minimum atomic E-state index is -3.79. The highest BCUT2D eigenvalue weighted by molar-refractivity contribution is 7.89. The van der Waals surface area contributed by atoms with Gasteiger partial charge in [0.2, 0.25) is 10.0 Å². The minimum absolute atomic E-state index is 0.0263. The molecule has 1 fully saturated rings. The zero-order valence-electron chi connectivity index (χ0n) is 20.3. The molecule has 0 spiro atoms. The maximum atomic E-state index is 13.4. The Labute approximate surface area is 211 Å². The van der Waals surface area contributed by atoms with Gasteiger partial charge in [0.15, 0.2) is 11.5 Å². The molecule has 0 radical (unpaired) electrons. The summed E-state index contributed by atoms with van der Waals surface area (Å²) in [6.45, 7) is 1.04. The summed E-state index contributed by atoms with van der Waals surface area (Å²) in [5, 5.41) is 18.5. The molecular formula is C26H29N3O6S. The SMILES string of the molecule is COc1cc2c(cc1OC)C(C[C@H]1CN(S(=O)(=O)c3ccc(C#N)cc3)CC[C@H]1CC(=O)O)=NCC2. The van der Waals surface area contributed by atoms with Crippen LogP contribution in [0.25, 0.3) is 0 Å². The third-order valence-corrected chi connectivity index (χ3v) is 8.85. The van der Waals surface area contributed by atoms with E-state index in [1.807, 2.05) is 18.2 Å². The first-order valence-electron chi connectivity index (χ1n) is 11.8. The van der Waals surface area contributed by atoms with Crippen molar-refractivity contribution in [1.29, 1.82) is 5.26 Å². The van der Waals surface area contributed by atoms with Gasteiger partial charge in [0, 0.05) is 37.3 Å². The Morgan fingerprint density at radius 3 is 2.50 bits per heavy atom. The number of hydrogen-bond acceptors (Lipinski definition) is 7. The lowest BCUT2D eigenvalue weighted by Gasteiger charge is -2.38. The van der Waals surface area contributed by atoms with Gasteiger partial charge in [-0.3, -0.25) is 9.79 Å². The smallest absolute Gasteiger partial charge is 0.303 e. The molecule has 0 amide bonds. The molecule has 36 heavy (non-hydrogen) atoms. The van der Waals surface area contributed by atoms with Crippen LogP contribution in [-0.4, -0.2) is 63.4 Å². The van der Waals surface area contributed by atoms with Crippen molar-refractivity contribution in [2.24, 2.45) is 16.8 Å². The van der Waals surface area contributed by atoms with E-state index in [4.69, 9.17) is 19.7 Å². The lowest BCUT2D eigenvalue weighted by atomic mass is 9.79. The summed E-state index contributed by atoms with van der Waals surface area (Å²) < 4.78 is 39.1. The molecule has 2 atom stereocenters. The molecule has 0 aliphatic carbocycles. The van der Waals surface area contributed by atoms with E-state index < -0.39 is 16.0 Å². The number of nitriles is 1. The number of aliphatic imine (C=N–C) groups is 1. The van der Waals surface area contributed by atoms with Crippen LogP contribution in [-0.2, 0) is 21.2 Å². The van der Waals surface area contributed by atoms with Gasteiger partial charge in [-0.1, -0.05) is 0 Å². The highest BCUT2D eigenvalue weighted by Gasteiger charge is 2.37. The molecule has 1 N–H and O–H groups in total. The number of methoxy groups -OCH3 is 2. The summed E-state index contributed by atoms with van der Waals surface area (Å²) >= 11 is 0. The number of benzene rings is 2. The van der Waals surface area contributed by atoms with Gasteiger partial charge in [0.1, 0.15) is 0 Å². The second kappa shape index (κ2) is 10.7. The van der Waals surface area contributed by atoms with E-state index in [-0.39, 0.29) is 36.2 Å². The number of rotatable bonds is 8. The van der Waals surface area contributed by atoms with Gasteiger partial charge >= 0.3 is 5.97 Å². The van der Waals surface area contributed by atoms with Crippen LogP contribution in [0.4, 0.5) is 0 Å². The summed E-state index contributed by atoms with van der Waals surface area (Å²) in [4.78, 5) is 16.5. The van der Waals surface area contributed by atoms with Crippen LogP contribution in [0.5, 0.6) is 11.5 Å². The Morgan fingerprint density at radius 2 is 1.86 bits per heavy atom. The molecule has 0 aromatic heterocycles. The maximum absolute atomic E-state index is 13.4. The van der Waals surface area contributed by atoms with Crippen LogP contribution in [0.15, 0.2) is 46.3 Å². The van der Waals surface area contributed by atoms with Gasteiger partial charge in [-0.05, 0) is 73.1 Å². The summed E-state index contributed by atoms with van der Waals surface area (Å²) in [5.41, 5.74) is 3.22. The van der Waals surface area contributed by atoms with Crippen LogP contribution in [0.1, 0.15) is 36.0 Å². The molecule has 2 aromatic rings. The van der Waals surface area contributed by atoms with Crippen molar-refractivity contribution in [2.75, 3.05) is 33.9 Å². The van der Waals surface area contributed by atoms with Crippen LogP contribution in [0.2, 0.25) is 0 Å². The summed E-state index contributed by atoms with van der Waals surface area (Å²) in [6, 6.07) is 11.7. The second-order valence-corrected chi connectivity index (χ2v) is 11.0. The van der Waals surface area contributed by atoms with Crippen molar-refractivity contribution in [3.05, 3.63) is 53.1 Å². The monoisotopic (exact) mass is 511 g/mol. The number of carboxylic acids is 1. The summed E-state index contributed by atoms with van der Waals surface area (Å²) in [6.07, 6.45) is 1.63. The average Bonchev–Trinajstić information content (AvgIpc) is 2.88. The van der Waals surface area contributed by atoms with Crippen molar-refractivity contribution in [3.8, 4) is 17.6 Å². The van der Waals surface area contributed by atoms with Crippen LogP contribution in [0, 0.1) is 23.2 Å². The molecule has 1 saturated heterocycles. The maximum Gasteiger partial charge on any atom is 0.303 e. The Morgan fingerprint density at radius 1 is 1.17 bits per heavy atom. The Hall–Kier alpha value is -3.42. The number of carboxylic acid groups (broad SMARTS) is 1. The number of hydrogen-bond donors (Lipinski definition) is 1. The number of ether oxygens (including phenoxy) is 2. The van der Waals surface area contributed by atoms with Crippen LogP contribution >= 0.6 is 0 Å². The molecule has 0 bridgehead atoms. The van der Waals surface area contributed by atoms with Gasteiger partial charge in [0.05, 0.1) is 30.7 Å². The zero-order valence-corrected chi connectivity index (χ0v) is 21.1. The number of nitrogens with zero attached hydrogens (tertiary/aromatic N) is 3. The first-order chi connectivity index (χ1) is 17.3. The van der Waals surface area contributed by atoms with Gasteiger partial charge in [-0.2, -0.15) is 9.57 Å². The number of piperidine rings is 1. The highest BCUT2D eigenvalue weighted by atomic mass is 32.2. The molecule has 2 aliphatic rings. The normalized spacial score (nSPS) is 20.1. The average molecular weight is 512 g/mol. The van der Waals surface area contributed by atoms with Crippen LogP contribution in [0.3, 0.4) is 0 Å². The largest absolute Gasteiger partial charge is 0.493 e. The fraction of sp³-hybridized carbons (Fsp3) is 0.423. The van der Waals surface area contributed by atoms with Gasteiger partial charge in [0.25, 0.3) is 0 Å². The van der Waals surface area contributed by atoms with Gasteiger partial charge < -0.3 is 14.6 Å². The number of aliphatic carboxylic acids is 1. The minimum Gasteiger partial charge on any atom is -0.493 e. The molecular weight excluding hydrogens is 482 g/mol. The quantitative estimate of drug-likeness (QED) is 0.576. The number of sulfonamides is 1. The van der Waals surface area contributed by atoms with Crippen molar-refractivity contribution < 1.29 is 27.8 Å². The number of carbonyl (C=O) groups is 1. The van der Waals surface area contributed by atoms with Crippen molar-refractivity contribution in [3.63, 3.8) is 0 Å². The van der Waals surface area contributed by atoms with E-state index in [0.29, 0.717) is 36.4 Å². The molecule has 190 valence electrons. The van der Waals surface area contributed by atoms with E-state index in [9.17, 15) is 18.3 Å². The summed E-state index contributed by atoms with van der Waals surface area (Å²) in [7, 11) is -0.637. The summed E-state index contributed by atoms with van der Waals surface area (Å²) in [5.74, 6) is -0.0741. The van der Waals surface area contributed by atoms with E-state index in [1.54, 1.807) is 14.2 Å². The van der Waals surface area contributed by atoms with Crippen molar-refractivity contribution >= 4 is 21.7 Å². The third kappa shape index (κ3) is 5.22. The predicted octanol–water partition coefficient (Wildman–Crippen LogP) is 3.11. The molecule has 4 rings (SSSR count). The van der Waals surface area contributed by atoms with E-state index >= 15 is 0 Å². The third-order valence-electron chi connectivity index (χ3n) is 6.97. The molecule has 9 nitrogen and oxygen atoms in total. The first kappa shape index (κ1) is 25.7. The zero-order chi connectivity index (χ0) is 25.9. The molecule has 2 heterocycles. The number of fused-ring (bicyclic) bond motifs is 1. The molecule has 0 unspecified atom stereocenters. The van der Waals surface area contributed by atoms with Crippen molar-refractivity contribution in [1.82, 2.24) is 4.31 Å². The fourth-order valence-electron chi connectivity index (χ4n) is 5.06. The fourth-order valence-corrected chi connectivity index (χ4v) is 6.57. The topological polar surface area (TPSA) is 129 Å². The Kier molecular flexibility index (Phi) is 7.62. The predicted molar refractivity (Wildman–Crippen MR) is 133 cm³/mol. The second-order valence-electron chi connectivity index (χ2n) is 9.05. The van der Waals surface area contributed by atoms with E-state index in [1.165, 1.54) is 28.6 Å². The molecule has 2 aliphatic heterocycles. The van der Waals surface area contributed by atoms with Crippen LogP contribution < -0.4 is 9.47 Å². The van der Waals surface area contributed by atoms with Gasteiger partial charge in [-0.25, -0.2) is 8.42 Å². The van der Waals surface area contributed by atoms with E-state index in [2.05, 4.69) is 0 Å². The highest BCUT2D eigenvalue weighted by Crippen LogP contribution is 2.37. The standard InChI is InChI=1S/C26H29N3O6S/c1-34-24-12-19-7-9-28-23(22(19)14-25(24)35-2)11-20-16-29(10-8-18(20)13-26(30)31)36(32,33)21-5-3-17(15-27)4-6-21/h3-6,12,14,18,20H,7-11,13,16H2,1-2H3,(H,30,31)/t18-,20-/m0/s1. The molecule has 0 saturated carbocycles. The van der Waals surface area contributed by atoms with Crippen molar-refractivity contribution in [2.45, 2.75) is 30.6 Å². The molecule has 2 aromatic carbocycles. The first-order valence-corrected chi connectivity index (χ1v) is 13.2. The Balaban J connectivity index is 1.62. The van der Waals surface area contributed by atoms with E-state index in [0.717, 1.165) is 23.3 Å². The molecule has 10 heteroatoms. The lowest BCUT2D eigenvalue weighted by molar-refractivity contribution is -0.138. The van der Waals surface area contributed by atoms with Gasteiger partial charge in [-0.15, -0.1) is 0 Å². The Bertz CT molecular complexity index is 1310.